The van der Waals surface area contributed by atoms with Crippen LogP contribution < -0.4 is 0 Å². The first-order valence-electron chi connectivity index (χ1n) is 5.64. The van der Waals surface area contributed by atoms with Gasteiger partial charge < -0.3 is 9.67 Å². The van der Waals surface area contributed by atoms with Gasteiger partial charge in [0.2, 0.25) is 0 Å². The molecular weight excluding hydrogens is 266 g/mol. The third-order valence-electron chi connectivity index (χ3n) is 2.62. The predicted octanol–water partition coefficient (Wildman–Crippen LogP) is 3.81. The molecule has 0 spiro atoms. The van der Waals surface area contributed by atoms with Crippen LogP contribution in [0, 0.1) is 3.95 Å². The van der Waals surface area contributed by atoms with Gasteiger partial charge in [-0.05, 0) is 24.2 Å². The molecule has 94 valence electrons. The first-order chi connectivity index (χ1) is 8.68. The number of rotatable bonds is 5. The highest BCUT2D eigenvalue weighted by molar-refractivity contribution is 7.73. The summed E-state index contributed by atoms with van der Waals surface area (Å²) in [5.41, 5.74) is 2.18. The summed E-state index contributed by atoms with van der Waals surface area (Å²) in [5.74, 6) is -0.766. The minimum Gasteiger partial charge on any atom is -0.481 e. The lowest BCUT2D eigenvalue weighted by Crippen LogP contribution is -2.03. The summed E-state index contributed by atoms with van der Waals surface area (Å²) in [4.78, 5) is 10.5. The number of thiazole rings is 1. The van der Waals surface area contributed by atoms with E-state index in [1.807, 2.05) is 40.3 Å². The molecule has 5 heteroatoms. The van der Waals surface area contributed by atoms with Crippen molar-refractivity contribution >= 4 is 29.5 Å². The molecule has 0 aliphatic carbocycles. The zero-order chi connectivity index (χ0) is 13.0. The summed E-state index contributed by atoms with van der Waals surface area (Å²) in [6, 6.07) is 10.0. The summed E-state index contributed by atoms with van der Waals surface area (Å²) in [6.07, 6.45) is 0.770. The SMILES string of the molecule is O=C(O)CCCn1c(-c2ccccc2)csc1=S. The summed E-state index contributed by atoms with van der Waals surface area (Å²) >= 11 is 6.80. The molecule has 0 amide bonds. The number of aliphatic carboxylic acids is 1. The van der Waals surface area contributed by atoms with Gasteiger partial charge >= 0.3 is 5.97 Å². The van der Waals surface area contributed by atoms with Crippen molar-refractivity contribution in [2.45, 2.75) is 19.4 Å². The Kier molecular flexibility index (Phi) is 4.28. The van der Waals surface area contributed by atoms with Crippen molar-refractivity contribution in [3.05, 3.63) is 39.7 Å². The van der Waals surface area contributed by atoms with E-state index >= 15 is 0 Å². The molecule has 1 N–H and O–H groups in total. The van der Waals surface area contributed by atoms with E-state index in [1.54, 1.807) is 0 Å². The average molecular weight is 279 g/mol. The Morgan fingerprint density at radius 3 is 2.72 bits per heavy atom. The fraction of sp³-hybridized carbons (Fsp3) is 0.231. The first-order valence-corrected chi connectivity index (χ1v) is 6.93. The van der Waals surface area contributed by atoms with Crippen LogP contribution in [0.5, 0.6) is 0 Å². The van der Waals surface area contributed by atoms with Crippen molar-refractivity contribution in [2.24, 2.45) is 0 Å². The van der Waals surface area contributed by atoms with Crippen LogP contribution in [0.4, 0.5) is 0 Å². The highest BCUT2D eigenvalue weighted by atomic mass is 32.1. The Bertz CT molecular complexity index is 587. The van der Waals surface area contributed by atoms with Crippen molar-refractivity contribution < 1.29 is 9.90 Å². The number of nitrogens with zero attached hydrogens (tertiary/aromatic N) is 1. The van der Waals surface area contributed by atoms with Crippen molar-refractivity contribution in [2.75, 3.05) is 0 Å². The molecule has 0 atom stereocenters. The van der Waals surface area contributed by atoms with Crippen molar-refractivity contribution in [3.63, 3.8) is 0 Å². The van der Waals surface area contributed by atoms with Gasteiger partial charge in [0.15, 0.2) is 3.95 Å². The number of carboxylic acid groups (broad SMARTS) is 1. The van der Waals surface area contributed by atoms with E-state index in [1.165, 1.54) is 11.3 Å². The van der Waals surface area contributed by atoms with Gasteiger partial charge in [-0.1, -0.05) is 30.3 Å². The highest BCUT2D eigenvalue weighted by Crippen LogP contribution is 2.24. The second kappa shape index (κ2) is 5.93. The summed E-state index contributed by atoms with van der Waals surface area (Å²) < 4.78 is 2.80. The number of hydrogen-bond acceptors (Lipinski definition) is 3. The Labute approximate surface area is 114 Å². The van der Waals surface area contributed by atoms with Gasteiger partial charge in [0.25, 0.3) is 0 Å². The Balaban J connectivity index is 2.22. The molecule has 0 unspecified atom stereocenters. The second-order valence-electron chi connectivity index (χ2n) is 3.90. The minimum atomic E-state index is -0.766. The summed E-state index contributed by atoms with van der Waals surface area (Å²) in [5, 5.41) is 10.7. The average Bonchev–Trinajstić information content (AvgIpc) is 2.72. The normalized spacial score (nSPS) is 10.4. The predicted molar refractivity (Wildman–Crippen MR) is 75.4 cm³/mol. The molecule has 2 rings (SSSR count). The van der Waals surface area contributed by atoms with Crippen LogP contribution in [0.2, 0.25) is 0 Å². The molecule has 0 saturated carbocycles. The number of carboxylic acids is 1. The van der Waals surface area contributed by atoms with Gasteiger partial charge in [-0.3, -0.25) is 4.79 Å². The third-order valence-corrected chi connectivity index (χ3v) is 3.90. The number of carbonyl (C=O) groups is 1. The van der Waals surface area contributed by atoms with Crippen LogP contribution >= 0.6 is 23.6 Å². The maximum Gasteiger partial charge on any atom is 0.303 e. The molecule has 1 aromatic carbocycles. The summed E-state index contributed by atoms with van der Waals surface area (Å²) in [7, 11) is 0. The van der Waals surface area contributed by atoms with Gasteiger partial charge in [0.05, 0.1) is 5.69 Å². The van der Waals surface area contributed by atoms with Crippen LogP contribution in [0.3, 0.4) is 0 Å². The standard InChI is InChI=1S/C13H13NO2S2/c15-12(16)7-4-8-14-11(9-18-13(14)17)10-5-2-1-3-6-10/h1-3,5-6,9H,4,7-8H2,(H,15,16). The van der Waals surface area contributed by atoms with Gasteiger partial charge in [0.1, 0.15) is 0 Å². The van der Waals surface area contributed by atoms with Gasteiger partial charge in [-0.2, -0.15) is 0 Å². The van der Waals surface area contributed by atoms with Crippen molar-refractivity contribution in [3.8, 4) is 11.3 Å². The molecule has 3 nitrogen and oxygen atoms in total. The molecule has 1 aromatic heterocycles. The van der Waals surface area contributed by atoms with Crippen molar-refractivity contribution in [1.29, 1.82) is 0 Å². The van der Waals surface area contributed by atoms with E-state index in [0.29, 0.717) is 13.0 Å². The number of hydrogen-bond donors (Lipinski definition) is 1. The van der Waals surface area contributed by atoms with E-state index in [0.717, 1.165) is 15.2 Å². The quantitative estimate of drug-likeness (QED) is 0.846. The molecule has 0 saturated heterocycles. The van der Waals surface area contributed by atoms with Crippen LogP contribution in [0.1, 0.15) is 12.8 Å². The zero-order valence-electron chi connectivity index (χ0n) is 9.70. The maximum absolute atomic E-state index is 10.5. The summed E-state index contributed by atoms with van der Waals surface area (Å²) in [6.45, 7) is 0.652. The number of aromatic nitrogens is 1. The maximum atomic E-state index is 10.5. The van der Waals surface area contributed by atoms with E-state index in [2.05, 4.69) is 0 Å². The molecule has 0 fully saturated rings. The fourth-order valence-corrected chi connectivity index (χ4v) is 2.89. The largest absolute Gasteiger partial charge is 0.481 e. The fourth-order valence-electron chi connectivity index (χ4n) is 1.76. The third kappa shape index (κ3) is 3.05. The molecular formula is C13H13NO2S2. The van der Waals surface area contributed by atoms with Gasteiger partial charge in [0, 0.05) is 18.3 Å². The van der Waals surface area contributed by atoms with E-state index < -0.39 is 5.97 Å². The number of benzene rings is 1. The lowest BCUT2D eigenvalue weighted by molar-refractivity contribution is -0.137. The smallest absolute Gasteiger partial charge is 0.303 e. The van der Waals surface area contributed by atoms with Gasteiger partial charge in [-0.15, -0.1) is 11.3 Å². The highest BCUT2D eigenvalue weighted by Gasteiger charge is 2.07. The molecule has 1 heterocycles. The Hall–Kier alpha value is -1.46. The van der Waals surface area contributed by atoms with Crippen LogP contribution in [0.15, 0.2) is 35.7 Å². The van der Waals surface area contributed by atoms with Crippen LogP contribution in [0.25, 0.3) is 11.3 Å². The monoisotopic (exact) mass is 279 g/mol. The lowest BCUT2D eigenvalue weighted by Gasteiger charge is -2.07. The van der Waals surface area contributed by atoms with E-state index in [-0.39, 0.29) is 6.42 Å². The lowest BCUT2D eigenvalue weighted by atomic mass is 10.2. The van der Waals surface area contributed by atoms with Crippen LogP contribution in [-0.2, 0) is 11.3 Å². The molecule has 0 radical (unpaired) electrons. The van der Waals surface area contributed by atoms with Crippen LogP contribution in [-0.4, -0.2) is 15.6 Å². The van der Waals surface area contributed by atoms with Crippen molar-refractivity contribution in [1.82, 2.24) is 4.57 Å². The van der Waals surface area contributed by atoms with E-state index in [9.17, 15) is 4.79 Å². The Morgan fingerprint density at radius 2 is 2.06 bits per heavy atom. The molecule has 0 aliphatic heterocycles. The zero-order valence-corrected chi connectivity index (χ0v) is 11.3. The molecule has 2 aromatic rings. The topological polar surface area (TPSA) is 42.2 Å². The molecule has 18 heavy (non-hydrogen) atoms. The first kappa shape index (κ1) is 13.0. The molecule has 0 bridgehead atoms. The Morgan fingerprint density at radius 1 is 1.33 bits per heavy atom. The minimum absolute atomic E-state index is 0.172. The molecule has 0 aliphatic rings. The van der Waals surface area contributed by atoms with E-state index in [4.69, 9.17) is 17.3 Å². The second-order valence-corrected chi connectivity index (χ2v) is 5.41. The van der Waals surface area contributed by atoms with Gasteiger partial charge in [-0.25, -0.2) is 0 Å².